The van der Waals surface area contributed by atoms with Crippen LogP contribution in [-0.2, 0) is 0 Å². The highest BCUT2D eigenvalue weighted by atomic mass is 15.2. The quantitative estimate of drug-likeness (QED) is 0.835. The second-order valence-electron chi connectivity index (χ2n) is 7.39. The lowest BCUT2D eigenvalue weighted by molar-refractivity contribution is 0.135. The van der Waals surface area contributed by atoms with Crippen molar-refractivity contribution >= 4 is 0 Å². The van der Waals surface area contributed by atoms with Gasteiger partial charge in [-0.1, -0.05) is 0 Å². The molecule has 20 heavy (non-hydrogen) atoms. The molecular weight excluding hydrogens is 246 g/mol. The molecule has 0 aliphatic carbocycles. The highest BCUT2D eigenvalue weighted by Gasteiger charge is 2.23. The van der Waals surface area contributed by atoms with Gasteiger partial charge in [0.25, 0.3) is 0 Å². The third-order valence-electron chi connectivity index (χ3n) is 5.33. The molecule has 0 atom stereocenters. The van der Waals surface area contributed by atoms with Gasteiger partial charge in [0.05, 0.1) is 0 Å². The average molecular weight is 281 g/mol. The van der Waals surface area contributed by atoms with Gasteiger partial charge in [-0.3, -0.25) is 0 Å². The van der Waals surface area contributed by atoms with Crippen LogP contribution in [0.2, 0.25) is 0 Å². The second kappa shape index (κ2) is 7.77. The molecule has 2 aliphatic heterocycles. The fourth-order valence-electron chi connectivity index (χ4n) is 3.63. The maximum Gasteiger partial charge on any atom is 0.00915 e. The summed E-state index contributed by atoms with van der Waals surface area (Å²) in [4.78, 5) is 5.23. The number of hydrogen-bond donors (Lipinski definition) is 1. The molecule has 1 N–H and O–H groups in total. The molecular formula is C17H35N3. The van der Waals surface area contributed by atoms with E-state index in [1.807, 2.05) is 0 Å². The second-order valence-corrected chi connectivity index (χ2v) is 7.39. The van der Waals surface area contributed by atoms with E-state index in [2.05, 4.69) is 42.8 Å². The predicted octanol–water partition coefficient (Wildman–Crippen LogP) is 2.57. The van der Waals surface area contributed by atoms with Crippen molar-refractivity contribution in [2.45, 2.75) is 71.5 Å². The van der Waals surface area contributed by atoms with Crippen LogP contribution >= 0.6 is 0 Å². The van der Waals surface area contributed by atoms with Crippen LogP contribution in [0.15, 0.2) is 0 Å². The van der Waals surface area contributed by atoms with Gasteiger partial charge in [-0.05, 0) is 92.0 Å². The lowest BCUT2D eigenvalue weighted by atomic mass is 9.95. The Balaban J connectivity index is 1.60. The Morgan fingerprint density at radius 3 is 1.70 bits per heavy atom. The molecule has 3 heteroatoms. The van der Waals surface area contributed by atoms with E-state index >= 15 is 0 Å². The Bertz CT molecular complexity index is 233. The zero-order valence-electron chi connectivity index (χ0n) is 14.1. The Morgan fingerprint density at radius 2 is 1.25 bits per heavy atom. The van der Waals surface area contributed by atoms with Gasteiger partial charge < -0.3 is 15.1 Å². The number of likely N-dealkylation sites (tertiary alicyclic amines) is 2. The number of nitrogens with one attached hydrogen (secondary N) is 1. The Kier molecular flexibility index (Phi) is 6.31. The van der Waals surface area contributed by atoms with E-state index in [1.165, 1.54) is 58.4 Å². The number of piperidine rings is 2. The fraction of sp³-hybridized carbons (Fsp3) is 1.00. The zero-order valence-corrected chi connectivity index (χ0v) is 14.1. The molecule has 0 bridgehead atoms. The van der Waals surface area contributed by atoms with Crippen molar-refractivity contribution in [3.63, 3.8) is 0 Å². The summed E-state index contributed by atoms with van der Waals surface area (Å²) in [5, 5.41) is 3.85. The van der Waals surface area contributed by atoms with Gasteiger partial charge in [0, 0.05) is 18.1 Å². The van der Waals surface area contributed by atoms with Crippen LogP contribution in [0.25, 0.3) is 0 Å². The molecule has 0 aromatic carbocycles. The summed E-state index contributed by atoms with van der Waals surface area (Å²) >= 11 is 0. The minimum absolute atomic E-state index is 0.719. The van der Waals surface area contributed by atoms with E-state index in [4.69, 9.17) is 0 Å². The van der Waals surface area contributed by atoms with Crippen molar-refractivity contribution in [1.29, 1.82) is 0 Å². The summed E-state index contributed by atoms with van der Waals surface area (Å²) in [5.41, 5.74) is 0. The lowest BCUT2D eigenvalue weighted by Gasteiger charge is -2.37. The van der Waals surface area contributed by atoms with Crippen LogP contribution in [-0.4, -0.2) is 60.6 Å². The van der Waals surface area contributed by atoms with Crippen LogP contribution in [0.3, 0.4) is 0 Å². The number of hydrogen-bond acceptors (Lipinski definition) is 3. The van der Waals surface area contributed by atoms with E-state index in [0.29, 0.717) is 0 Å². The first-order valence-corrected chi connectivity index (χ1v) is 8.77. The van der Waals surface area contributed by atoms with Crippen molar-refractivity contribution in [1.82, 2.24) is 15.1 Å². The monoisotopic (exact) mass is 281 g/mol. The maximum atomic E-state index is 3.85. The third kappa shape index (κ3) is 4.71. The Hall–Kier alpha value is -0.120. The van der Waals surface area contributed by atoms with Crippen LogP contribution in [0.5, 0.6) is 0 Å². The maximum absolute atomic E-state index is 3.85. The molecule has 2 rings (SSSR count). The highest BCUT2D eigenvalue weighted by Crippen LogP contribution is 2.19. The van der Waals surface area contributed by atoms with Gasteiger partial charge in [-0.25, -0.2) is 0 Å². The molecule has 118 valence electrons. The summed E-state index contributed by atoms with van der Waals surface area (Å²) in [7, 11) is 0. The number of nitrogens with zero attached hydrogens (tertiary/aromatic N) is 2. The first-order valence-electron chi connectivity index (χ1n) is 8.77. The van der Waals surface area contributed by atoms with E-state index in [0.717, 1.165) is 24.0 Å². The number of rotatable bonds is 5. The zero-order chi connectivity index (χ0) is 14.5. The first kappa shape index (κ1) is 16.3. The standard InChI is InChI=1S/C17H35N3/c1-14(2)19-9-5-16(6-10-19)13-18-17-7-11-20(12-8-17)15(3)4/h14-18H,5-13H2,1-4H3. The van der Waals surface area contributed by atoms with Crippen molar-refractivity contribution in [2.24, 2.45) is 5.92 Å². The smallest absolute Gasteiger partial charge is 0.00915 e. The Labute approximate surface area is 126 Å². The van der Waals surface area contributed by atoms with Crippen molar-refractivity contribution in [3.05, 3.63) is 0 Å². The van der Waals surface area contributed by atoms with E-state index in [-0.39, 0.29) is 0 Å². The minimum atomic E-state index is 0.719. The average Bonchev–Trinajstić information content (AvgIpc) is 2.46. The largest absolute Gasteiger partial charge is 0.314 e. The lowest BCUT2D eigenvalue weighted by Crippen LogP contribution is -2.47. The van der Waals surface area contributed by atoms with Crippen LogP contribution in [0.1, 0.15) is 53.4 Å². The van der Waals surface area contributed by atoms with Gasteiger partial charge in [0.2, 0.25) is 0 Å². The highest BCUT2D eigenvalue weighted by molar-refractivity contribution is 4.81. The van der Waals surface area contributed by atoms with Crippen molar-refractivity contribution in [3.8, 4) is 0 Å². The van der Waals surface area contributed by atoms with Gasteiger partial charge in [-0.15, -0.1) is 0 Å². The molecule has 2 aliphatic rings. The van der Waals surface area contributed by atoms with Gasteiger partial charge in [0.1, 0.15) is 0 Å². The Morgan fingerprint density at radius 1 is 0.800 bits per heavy atom. The SMILES string of the molecule is CC(C)N1CCC(CNC2CCN(C(C)C)CC2)CC1. The molecule has 3 nitrogen and oxygen atoms in total. The van der Waals surface area contributed by atoms with Crippen LogP contribution < -0.4 is 5.32 Å². The van der Waals surface area contributed by atoms with Crippen LogP contribution in [0, 0.1) is 5.92 Å². The normalized spacial score (nSPS) is 24.9. The predicted molar refractivity (Wildman–Crippen MR) is 87.2 cm³/mol. The summed E-state index contributed by atoms with van der Waals surface area (Å²) in [6, 6.07) is 2.22. The first-order chi connectivity index (χ1) is 9.56. The van der Waals surface area contributed by atoms with Crippen molar-refractivity contribution in [2.75, 3.05) is 32.7 Å². The molecule has 0 aromatic heterocycles. The molecule has 0 spiro atoms. The molecule has 2 saturated heterocycles. The molecule has 0 aromatic rings. The molecule has 0 unspecified atom stereocenters. The van der Waals surface area contributed by atoms with Gasteiger partial charge in [0.15, 0.2) is 0 Å². The van der Waals surface area contributed by atoms with Gasteiger partial charge >= 0.3 is 0 Å². The topological polar surface area (TPSA) is 18.5 Å². The molecule has 0 amide bonds. The summed E-state index contributed by atoms with van der Waals surface area (Å²) in [6.45, 7) is 15.7. The molecule has 0 saturated carbocycles. The van der Waals surface area contributed by atoms with E-state index in [9.17, 15) is 0 Å². The fourth-order valence-corrected chi connectivity index (χ4v) is 3.63. The summed E-state index contributed by atoms with van der Waals surface area (Å²) in [6.07, 6.45) is 5.44. The van der Waals surface area contributed by atoms with Crippen LogP contribution in [0.4, 0.5) is 0 Å². The summed E-state index contributed by atoms with van der Waals surface area (Å²) in [5.74, 6) is 0.910. The van der Waals surface area contributed by atoms with E-state index < -0.39 is 0 Å². The molecule has 2 heterocycles. The third-order valence-corrected chi connectivity index (χ3v) is 5.33. The minimum Gasteiger partial charge on any atom is -0.314 e. The molecule has 0 radical (unpaired) electrons. The van der Waals surface area contributed by atoms with E-state index in [1.54, 1.807) is 0 Å². The van der Waals surface area contributed by atoms with Crippen molar-refractivity contribution < 1.29 is 0 Å². The molecule has 2 fully saturated rings. The summed E-state index contributed by atoms with van der Waals surface area (Å²) < 4.78 is 0. The van der Waals surface area contributed by atoms with Gasteiger partial charge in [-0.2, -0.15) is 0 Å².